The molecule has 0 aromatic heterocycles. The summed E-state index contributed by atoms with van der Waals surface area (Å²) in [5.41, 5.74) is 8.36. The van der Waals surface area contributed by atoms with Gasteiger partial charge in [-0.2, -0.15) is 0 Å². The van der Waals surface area contributed by atoms with Crippen LogP contribution in [-0.4, -0.2) is 61.3 Å². The van der Waals surface area contributed by atoms with E-state index in [1.807, 2.05) is 18.2 Å². The number of hydrogen-bond donors (Lipinski definition) is 6. The molecule has 0 unspecified atom stereocenters. The summed E-state index contributed by atoms with van der Waals surface area (Å²) in [7, 11) is 0. The maximum Gasteiger partial charge on any atom is 0.335 e. The lowest BCUT2D eigenvalue weighted by Crippen LogP contribution is -2.39. The molecular formula is C16H25NO8. The average Bonchev–Trinajstić information content (AvgIpc) is 2.51. The zero-order valence-corrected chi connectivity index (χ0v) is 14.0. The van der Waals surface area contributed by atoms with E-state index in [-0.39, 0.29) is 16.9 Å². The molecule has 0 fully saturated rings. The van der Waals surface area contributed by atoms with Gasteiger partial charge in [0.25, 0.3) is 0 Å². The number of fused-ring (bicyclic) bond motifs is 1. The van der Waals surface area contributed by atoms with E-state index in [4.69, 9.17) is 26.2 Å². The number of hydrogen-bond acceptors (Lipinski definition) is 6. The second-order valence-corrected chi connectivity index (χ2v) is 6.33. The van der Waals surface area contributed by atoms with Gasteiger partial charge in [0.1, 0.15) is 0 Å². The normalized spacial score (nSPS) is 23.0. The molecule has 0 heterocycles. The molecule has 1 aromatic rings. The predicted molar refractivity (Wildman–Crippen MR) is 87.9 cm³/mol. The molecule has 1 aliphatic rings. The molecule has 9 N–H and O–H groups in total. The Kier molecular flexibility index (Phi) is 8.16. The van der Waals surface area contributed by atoms with Crippen LogP contribution in [0.15, 0.2) is 24.3 Å². The Morgan fingerprint density at radius 3 is 2.00 bits per heavy atom. The number of benzene rings is 1. The molecule has 0 bridgehead atoms. The first-order valence-electron chi connectivity index (χ1n) is 7.34. The number of aliphatic carboxylic acids is 2. The number of rotatable bonds is 3. The summed E-state index contributed by atoms with van der Waals surface area (Å²) in [5, 5.41) is 42.4. The van der Waals surface area contributed by atoms with E-state index in [1.54, 1.807) is 0 Å². The molecule has 0 saturated heterocycles. The summed E-state index contributed by atoms with van der Waals surface area (Å²) in [4.78, 5) is 19.5. The maximum atomic E-state index is 9.84. The highest BCUT2D eigenvalue weighted by molar-refractivity contribution is 5.83. The Bertz CT molecular complexity index is 586. The molecule has 4 atom stereocenters. The Morgan fingerprint density at radius 1 is 1.12 bits per heavy atom. The lowest BCUT2D eigenvalue weighted by Gasteiger charge is -2.38. The van der Waals surface area contributed by atoms with E-state index in [9.17, 15) is 14.7 Å². The summed E-state index contributed by atoms with van der Waals surface area (Å²) in [6, 6.07) is 7.92. The minimum absolute atomic E-state index is 0. The van der Waals surface area contributed by atoms with Gasteiger partial charge in [0, 0.05) is 0 Å². The molecular weight excluding hydrogens is 334 g/mol. The number of aliphatic hydroxyl groups excluding tert-OH is 3. The molecule has 1 aliphatic carbocycles. The molecule has 0 saturated carbocycles. The van der Waals surface area contributed by atoms with E-state index in [1.165, 1.54) is 5.56 Å². The average molecular weight is 359 g/mol. The summed E-state index contributed by atoms with van der Waals surface area (Å²) < 4.78 is 0. The lowest BCUT2D eigenvalue weighted by molar-refractivity contribution is -0.165. The van der Waals surface area contributed by atoms with Crippen molar-refractivity contribution in [3.8, 4) is 0 Å². The highest BCUT2D eigenvalue weighted by atomic mass is 16.4. The van der Waals surface area contributed by atoms with Gasteiger partial charge >= 0.3 is 11.9 Å². The smallest absolute Gasteiger partial charge is 0.335 e. The van der Waals surface area contributed by atoms with Gasteiger partial charge in [-0.1, -0.05) is 38.1 Å². The summed E-state index contributed by atoms with van der Waals surface area (Å²) >= 11 is 0. The fourth-order valence-corrected chi connectivity index (χ4v) is 2.64. The van der Waals surface area contributed by atoms with Crippen LogP contribution in [0.1, 0.15) is 37.4 Å². The molecule has 9 heteroatoms. The monoisotopic (exact) mass is 359 g/mol. The SMILES string of the molecule is CC1(C)C[C@@H](O)[C@H](N)c2ccccc21.O.O=C(O)[C@@H](O)[C@H](O)C(=O)O. The highest BCUT2D eigenvalue weighted by Crippen LogP contribution is 2.40. The van der Waals surface area contributed by atoms with Gasteiger partial charge in [-0.25, -0.2) is 9.59 Å². The standard InChI is InChI=1S/C12H17NO.C4H6O6.H2O/c1-12(2)7-10(14)11(13)8-5-3-4-6-9(8)12;5-1(3(7)8)2(6)4(9)10;/h3-6,10-11,14H,7,13H2,1-2H3;1-2,5-6H,(H,7,8)(H,9,10);1H2/t10-,11-;1-,2-;/m10./s1. The van der Waals surface area contributed by atoms with Crippen LogP contribution in [0.25, 0.3) is 0 Å². The number of nitrogens with two attached hydrogens (primary N) is 1. The molecule has 2 rings (SSSR count). The summed E-state index contributed by atoms with van der Waals surface area (Å²) in [5.74, 6) is -3.54. The van der Waals surface area contributed by atoms with Crippen molar-refractivity contribution >= 4 is 11.9 Å². The third-order valence-electron chi connectivity index (χ3n) is 3.99. The van der Waals surface area contributed by atoms with Gasteiger partial charge in [0.05, 0.1) is 12.1 Å². The largest absolute Gasteiger partial charge is 0.479 e. The fourth-order valence-electron chi connectivity index (χ4n) is 2.64. The van der Waals surface area contributed by atoms with Crippen molar-refractivity contribution in [1.29, 1.82) is 0 Å². The van der Waals surface area contributed by atoms with Crippen molar-refractivity contribution in [3.05, 3.63) is 35.4 Å². The number of aliphatic hydroxyl groups is 3. The van der Waals surface area contributed by atoms with E-state index in [0.717, 1.165) is 12.0 Å². The Labute approximate surface area is 144 Å². The van der Waals surface area contributed by atoms with Gasteiger partial charge < -0.3 is 36.7 Å². The fraction of sp³-hybridized carbons (Fsp3) is 0.500. The van der Waals surface area contributed by atoms with Crippen LogP contribution in [-0.2, 0) is 15.0 Å². The first-order valence-corrected chi connectivity index (χ1v) is 7.34. The van der Waals surface area contributed by atoms with Gasteiger partial charge in [-0.3, -0.25) is 0 Å². The molecule has 0 radical (unpaired) electrons. The van der Waals surface area contributed by atoms with E-state index in [0.29, 0.717) is 0 Å². The first-order chi connectivity index (χ1) is 11.0. The molecule has 25 heavy (non-hydrogen) atoms. The highest BCUT2D eigenvalue weighted by Gasteiger charge is 2.36. The van der Waals surface area contributed by atoms with Crippen LogP contribution >= 0.6 is 0 Å². The van der Waals surface area contributed by atoms with Crippen LogP contribution < -0.4 is 5.73 Å². The summed E-state index contributed by atoms with van der Waals surface area (Å²) in [6.45, 7) is 4.31. The second-order valence-electron chi connectivity index (χ2n) is 6.33. The third-order valence-corrected chi connectivity index (χ3v) is 3.99. The molecule has 0 aliphatic heterocycles. The van der Waals surface area contributed by atoms with Crippen molar-refractivity contribution in [1.82, 2.24) is 0 Å². The van der Waals surface area contributed by atoms with Gasteiger partial charge in [-0.05, 0) is 23.0 Å². The third kappa shape index (κ3) is 5.48. The topological polar surface area (TPSA) is 193 Å². The number of carboxylic acid groups (broad SMARTS) is 2. The zero-order chi connectivity index (χ0) is 18.7. The van der Waals surface area contributed by atoms with Gasteiger partial charge in [0.2, 0.25) is 0 Å². The van der Waals surface area contributed by atoms with Gasteiger partial charge in [-0.15, -0.1) is 0 Å². The van der Waals surface area contributed by atoms with Crippen LogP contribution in [0.3, 0.4) is 0 Å². The van der Waals surface area contributed by atoms with Crippen molar-refractivity contribution in [2.75, 3.05) is 0 Å². The molecule has 1 aromatic carbocycles. The van der Waals surface area contributed by atoms with E-state index < -0.39 is 30.3 Å². The molecule has 0 spiro atoms. The second kappa shape index (κ2) is 8.88. The lowest BCUT2D eigenvalue weighted by atomic mass is 9.70. The molecule has 9 nitrogen and oxygen atoms in total. The predicted octanol–water partition coefficient (Wildman–Crippen LogP) is -1.22. The Hall–Kier alpha value is -2.04. The van der Waals surface area contributed by atoms with Crippen LogP contribution in [0.5, 0.6) is 0 Å². The van der Waals surface area contributed by atoms with Crippen molar-refractivity contribution < 1.29 is 40.6 Å². The van der Waals surface area contributed by atoms with Crippen molar-refractivity contribution in [2.24, 2.45) is 5.73 Å². The van der Waals surface area contributed by atoms with Gasteiger partial charge in [0.15, 0.2) is 12.2 Å². The number of carboxylic acids is 2. The van der Waals surface area contributed by atoms with Crippen LogP contribution in [0.4, 0.5) is 0 Å². The summed E-state index contributed by atoms with van der Waals surface area (Å²) in [6.07, 6.45) is -4.21. The number of carbonyl (C=O) groups is 2. The van der Waals surface area contributed by atoms with Crippen LogP contribution in [0, 0.1) is 0 Å². The molecule has 142 valence electrons. The van der Waals surface area contributed by atoms with E-state index in [2.05, 4.69) is 19.9 Å². The first kappa shape index (κ1) is 23.0. The van der Waals surface area contributed by atoms with E-state index >= 15 is 0 Å². The van der Waals surface area contributed by atoms with Crippen molar-refractivity contribution in [3.63, 3.8) is 0 Å². The van der Waals surface area contributed by atoms with Crippen LogP contribution in [0.2, 0.25) is 0 Å². The van der Waals surface area contributed by atoms with Crippen molar-refractivity contribution in [2.45, 2.75) is 50.0 Å². The Balaban J connectivity index is 0.000000471. The minimum Gasteiger partial charge on any atom is -0.479 e. The maximum absolute atomic E-state index is 9.84. The quantitative estimate of drug-likeness (QED) is 0.386. The Morgan fingerprint density at radius 2 is 1.56 bits per heavy atom. The zero-order valence-electron chi connectivity index (χ0n) is 14.0. The molecule has 0 amide bonds. The minimum atomic E-state index is -2.27.